The third-order valence-corrected chi connectivity index (χ3v) is 2.73. The molecule has 0 atom stereocenters. The molecule has 2 N–H and O–H groups in total. The molecule has 0 fully saturated rings. The molecular weight excluding hydrogens is 276 g/mol. The third kappa shape index (κ3) is 3.08. The number of carbonyl (C=O) groups excluding carboxylic acids is 1. The Morgan fingerprint density at radius 3 is 2.48 bits per heavy atom. The molecule has 108 valence electrons. The van der Waals surface area contributed by atoms with Crippen molar-refractivity contribution in [1.29, 1.82) is 0 Å². The first-order valence-corrected chi connectivity index (χ1v) is 5.92. The van der Waals surface area contributed by atoms with Gasteiger partial charge in [0, 0.05) is 6.07 Å². The van der Waals surface area contributed by atoms with Gasteiger partial charge in [0.15, 0.2) is 11.5 Å². The van der Waals surface area contributed by atoms with Crippen molar-refractivity contribution >= 4 is 17.3 Å². The molecule has 0 aliphatic heterocycles. The number of hydrogen-bond acceptors (Lipinski definition) is 6. The summed E-state index contributed by atoms with van der Waals surface area (Å²) < 4.78 is 10.2. The molecule has 2 rings (SSSR count). The lowest BCUT2D eigenvalue weighted by Crippen LogP contribution is -2.10. The van der Waals surface area contributed by atoms with Crippen molar-refractivity contribution in [2.75, 3.05) is 12.8 Å². The Balaban J connectivity index is 2.29. The van der Waals surface area contributed by atoms with Gasteiger partial charge in [0.25, 0.3) is 5.69 Å². The van der Waals surface area contributed by atoms with E-state index in [2.05, 4.69) is 0 Å². The number of anilines is 1. The quantitative estimate of drug-likeness (QED) is 0.304. The first-order valence-electron chi connectivity index (χ1n) is 5.92. The van der Waals surface area contributed by atoms with E-state index in [1.165, 1.54) is 19.2 Å². The van der Waals surface area contributed by atoms with Gasteiger partial charge in [-0.1, -0.05) is 12.1 Å². The highest BCUT2D eigenvalue weighted by Crippen LogP contribution is 2.28. The van der Waals surface area contributed by atoms with Crippen LogP contribution >= 0.6 is 0 Å². The van der Waals surface area contributed by atoms with E-state index in [1.807, 2.05) is 0 Å². The van der Waals surface area contributed by atoms with E-state index < -0.39 is 10.9 Å². The summed E-state index contributed by atoms with van der Waals surface area (Å²) in [6.45, 7) is 0. The number of carbonyl (C=O) groups is 1. The van der Waals surface area contributed by atoms with Gasteiger partial charge in [0.2, 0.25) is 0 Å². The Hall–Kier alpha value is -3.09. The summed E-state index contributed by atoms with van der Waals surface area (Å²) in [5, 5.41) is 10.8. The minimum absolute atomic E-state index is 0.0196. The van der Waals surface area contributed by atoms with E-state index in [0.29, 0.717) is 5.75 Å². The summed E-state index contributed by atoms with van der Waals surface area (Å²) in [7, 11) is 1.45. The minimum atomic E-state index is -0.734. The normalized spacial score (nSPS) is 9.95. The Kier molecular flexibility index (Phi) is 4.03. The van der Waals surface area contributed by atoms with Gasteiger partial charge >= 0.3 is 5.97 Å². The van der Waals surface area contributed by atoms with Crippen LogP contribution in [0.4, 0.5) is 11.4 Å². The minimum Gasteiger partial charge on any atom is -0.493 e. The van der Waals surface area contributed by atoms with Gasteiger partial charge in [0.1, 0.15) is 5.69 Å². The Morgan fingerprint density at radius 1 is 1.19 bits per heavy atom. The number of methoxy groups -OCH3 is 1. The fraction of sp³-hybridized carbons (Fsp3) is 0.0714. The summed E-state index contributed by atoms with van der Waals surface area (Å²) >= 11 is 0. The summed E-state index contributed by atoms with van der Waals surface area (Å²) in [6, 6.07) is 10.3. The molecule has 0 bridgehead atoms. The number of nitrogen functional groups attached to an aromatic ring is 1. The maximum absolute atomic E-state index is 12.0. The molecule has 2 aromatic carbocycles. The molecule has 0 aromatic heterocycles. The molecular formula is C14H12N2O5. The van der Waals surface area contributed by atoms with Gasteiger partial charge in [-0.25, -0.2) is 4.79 Å². The fourth-order valence-corrected chi connectivity index (χ4v) is 1.69. The molecule has 0 radical (unpaired) electrons. The average molecular weight is 288 g/mol. The van der Waals surface area contributed by atoms with Crippen LogP contribution in [0, 0.1) is 10.1 Å². The van der Waals surface area contributed by atoms with Crippen molar-refractivity contribution in [2.24, 2.45) is 0 Å². The molecule has 0 aliphatic carbocycles. The summed E-state index contributed by atoms with van der Waals surface area (Å²) in [6.07, 6.45) is 0. The lowest BCUT2D eigenvalue weighted by Gasteiger charge is -2.08. The number of esters is 1. The zero-order chi connectivity index (χ0) is 15.4. The summed E-state index contributed by atoms with van der Waals surface area (Å²) in [4.78, 5) is 22.2. The van der Waals surface area contributed by atoms with Gasteiger partial charge in [-0.3, -0.25) is 10.1 Å². The van der Waals surface area contributed by atoms with Gasteiger partial charge in [-0.2, -0.15) is 0 Å². The predicted molar refractivity (Wildman–Crippen MR) is 75.5 cm³/mol. The number of ether oxygens (including phenoxy) is 2. The van der Waals surface area contributed by atoms with Crippen LogP contribution in [0.2, 0.25) is 0 Å². The Bertz CT molecular complexity index is 700. The molecule has 2 aromatic rings. The van der Waals surface area contributed by atoms with E-state index in [0.717, 1.165) is 6.07 Å². The lowest BCUT2D eigenvalue weighted by atomic mass is 10.2. The second-order valence-electron chi connectivity index (χ2n) is 4.07. The molecule has 0 saturated heterocycles. The SMILES string of the molecule is COc1ccccc1OC(=O)c1ccc(N)c([N+](=O)[O-])c1. The summed E-state index contributed by atoms with van der Waals surface area (Å²) in [5.74, 6) is -0.122. The van der Waals surface area contributed by atoms with Crippen LogP contribution in [0.25, 0.3) is 0 Å². The van der Waals surface area contributed by atoms with Crippen LogP contribution in [0.5, 0.6) is 11.5 Å². The molecule has 0 unspecified atom stereocenters. The molecule has 7 nitrogen and oxygen atoms in total. The molecule has 0 spiro atoms. The largest absolute Gasteiger partial charge is 0.493 e. The first kappa shape index (κ1) is 14.3. The topological polar surface area (TPSA) is 105 Å². The number of hydrogen-bond donors (Lipinski definition) is 1. The molecule has 0 saturated carbocycles. The Morgan fingerprint density at radius 2 is 1.86 bits per heavy atom. The maximum Gasteiger partial charge on any atom is 0.343 e. The van der Waals surface area contributed by atoms with Crippen LogP contribution in [-0.4, -0.2) is 18.0 Å². The van der Waals surface area contributed by atoms with Crippen molar-refractivity contribution in [3.8, 4) is 11.5 Å². The zero-order valence-electron chi connectivity index (χ0n) is 11.1. The summed E-state index contributed by atoms with van der Waals surface area (Å²) in [5.41, 5.74) is 5.14. The van der Waals surface area contributed by atoms with E-state index >= 15 is 0 Å². The fourth-order valence-electron chi connectivity index (χ4n) is 1.69. The molecule has 0 aliphatic rings. The number of para-hydroxylation sites is 2. The van der Waals surface area contributed by atoms with Crippen LogP contribution < -0.4 is 15.2 Å². The van der Waals surface area contributed by atoms with E-state index in [1.54, 1.807) is 24.3 Å². The number of nitrogens with zero attached hydrogens (tertiary/aromatic N) is 1. The van der Waals surface area contributed by atoms with E-state index in [4.69, 9.17) is 15.2 Å². The van der Waals surface area contributed by atoms with Crippen molar-refractivity contribution < 1.29 is 19.2 Å². The second-order valence-corrected chi connectivity index (χ2v) is 4.07. The van der Waals surface area contributed by atoms with Gasteiger partial charge in [0.05, 0.1) is 17.6 Å². The zero-order valence-corrected chi connectivity index (χ0v) is 11.1. The highest BCUT2D eigenvalue weighted by atomic mass is 16.6. The number of nitrogens with two attached hydrogens (primary N) is 1. The molecule has 21 heavy (non-hydrogen) atoms. The van der Waals surface area contributed by atoms with Crippen molar-refractivity contribution in [3.63, 3.8) is 0 Å². The smallest absolute Gasteiger partial charge is 0.343 e. The van der Waals surface area contributed by atoms with Crippen LogP contribution in [0.1, 0.15) is 10.4 Å². The van der Waals surface area contributed by atoms with Crippen LogP contribution in [0.15, 0.2) is 42.5 Å². The second kappa shape index (κ2) is 5.91. The van der Waals surface area contributed by atoms with Crippen molar-refractivity contribution in [3.05, 3.63) is 58.1 Å². The molecule has 0 heterocycles. The number of nitro benzene ring substituents is 1. The van der Waals surface area contributed by atoms with Gasteiger partial charge in [-0.15, -0.1) is 0 Å². The molecule has 0 amide bonds. The predicted octanol–water partition coefficient (Wildman–Crippen LogP) is 2.40. The number of nitro groups is 1. The monoisotopic (exact) mass is 288 g/mol. The maximum atomic E-state index is 12.0. The van der Waals surface area contributed by atoms with Gasteiger partial charge < -0.3 is 15.2 Å². The highest BCUT2D eigenvalue weighted by Gasteiger charge is 2.18. The lowest BCUT2D eigenvalue weighted by molar-refractivity contribution is -0.383. The standard InChI is InChI=1S/C14H12N2O5/c1-20-12-4-2-3-5-13(12)21-14(17)9-6-7-10(15)11(8-9)16(18)19/h2-8H,15H2,1H3. The van der Waals surface area contributed by atoms with E-state index in [-0.39, 0.29) is 22.7 Å². The molecule has 7 heteroatoms. The third-order valence-electron chi connectivity index (χ3n) is 2.73. The van der Waals surface area contributed by atoms with Crippen LogP contribution in [0.3, 0.4) is 0 Å². The van der Waals surface area contributed by atoms with Crippen molar-refractivity contribution in [2.45, 2.75) is 0 Å². The highest BCUT2D eigenvalue weighted by molar-refractivity contribution is 5.93. The Labute approximate surface area is 120 Å². The number of benzene rings is 2. The van der Waals surface area contributed by atoms with Crippen LogP contribution in [-0.2, 0) is 0 Å². The van der Waals surface area contributed by atoms with E-state index in [9.17, 15) is 14.9 Å². The number of rotatable bonds is 4. The first-order chi connectivity index (χ1) is 10.0. The average Bonchev–Trinajstić information content (AvgIpc) is 2.47. The van der Waals surface area contributed by atoms with Gasteiger partial charge in [-0.05, 0) is 24.3 Å². The van der Waals surface area contributed by atoms with Crippen molar-refractivity contribution in [1.82, 2.24) is 0 Å².